The third-order valence-electron chi connectivity index (χ3n) is 2.11. The van der Waals surface area contributed by atoms with Gasteiger partial charge in [-0.05, 0) is 18.7 Å². The zero-order chi connectivity index (χ0) is 10.8. The molecule has 3 nitrogen and oxygen atoms in total. The first-order valence-corrected chi connectivity index (χ1v) is 5.74. The maximum Gasteiger partial charge on any atom is 0.165 e. The fourth-order valence-electron chi connectivity index (χ4n) is 1.38. The lowest BCUT2D eigenvalue weighted by Gasteiger charge is -2.02. The van der Waals surface area contributed by atoms with E-state index in [9.17, 15) is 4.79 Å². The van der Waals surface area contributed by atoms with Crippen molar-refractivity contribution in [2.45, 2.75) is 6.42 Å². The average molecular weight is 241 g/mol. The van der Waals surface area contributed by atoms with Crippen molar-refractivity contribution in [1.29, 1.82) is 0 Å². The lowest BCUT2D eigenvalue weighted by atomic mass is 10.1. The van der Waals surface area contributed by atoms with Gasteiger partial charge in [-0.1, -0.05) is 11.6 Å². The first-order chi connectivity index (χ1) is 7.24. The quantitative estimate of drug-likeness (QED) is 0.839. The maximum atomic E-state index is 11.6. The van der Waals surface area contributed by atoms with Gasteiger partial charge in [0.1, 0.15) is 5.52 Å². The number of nitrogens with zero attached hydrogens (tertiary/aromatic N) is 1. The molecule has 0 unspecified atom stereocenters. The average Bonchev–Trinajstić information content (AvgIpc) is 2.67. The largest absolute Gasteiger partial charge is 0.330 e. The van der Waals surface area contributed by atoms with E-state index in [1.165, 1.54) is 11.3 Å². The minimum atomic E-state index is -0.0302. The van der Waals surface area contributed by atoms with Gasteiger partial charge in [-0.2, -0.15) is 0 Å². The van der Waals surface area contributed by atoms with Crippen molar-refractivity contribution < 1.29 is 4.79 Å². The summed E-state index contributed by atoms with van der Waals surface area (Å²) in [6.45, 7) is 0.338. The molecule has 2 rings (SSSR count). The monoisotopic (exact) mass is 240 g/mol. The van der Waals surface area contributed by atoms with E-state index in [0.29, 0.717) is 29.1 Å². The Bertz CT molecular complexity index is 509. The molecular weight excluding hydrogens is 232 g/mol. The molecule has 0 amide bonds. The van der Waals surface area contributed by atoms with Crippen LogP contribution in [0, 0.1) is 0 Å². The van der Waals surface area contributed by atoms with Gasteiger partial charge in [0, 0.05) is 12.0 Å². The van der Waals surface area contributed by atoms with Gasteiger partial charge < -0.3 is 5.73 Å². The van der Waals surface area contributed by atoms with E-state index in [0.717, 1.165) is 4.70 Å². The van der Waals surface area contributed by atoms with Crippen molar-refractivity contribution in [3.63, 3.8) is 0 Å². The molecule has 0 aliphatic carbocycles. The molecular formula is C10H9ClN2OS. The number of hydrogen-bond acceptors (Lipinski definition) is 4. The van der Waals surface area contributed by atoms with Gasteiger partial charge in [0.2, 0.25) is 0 Å². The lowest BCUT2D eigenvalue weighted by Crippen LogP contribution is -2.08. The zero-order valence-electron chi connectivity index (χ0n) is 7.87. The van der Waals surface area contributed by atoms with Crippen LogP contribution in [0.15, 0.2) is 17.6 Å². The second kappa shape index (κ2) is 4.26. The van der Waals surface area contributed by atoms with E-state index < -0.39 is 0 Å². The van der Waals surface area contributed by atoms with Crippen molar-refractivity contribution in [1.82, 2.24) is 4.98 Å². The SMILES string of the molecule is NCCC(=O)c1ccc2scnc2c1Cl. The number of carbonyl (C=O) groups is 1. The van der Waals surface area contributed by atoms with E-state index in [1.807, 2.05) is 6.07 Å². The van der Waals surface area contributed by atoms with Crippen molar-refractivity contribution in [2.24, 2.45) is 5.73 Å². The molecule has 0 spiro atoms. The molecule has 0 fully saturated rings. The molecule has 0 radical (unpaired) electrons. The Morgan fingerprint density at radius 2 is 2.33 bits per heavy atom. The van der Waals surface area contributed by atoms with Crippen LogP contribution in [-0.4, -0.2) is 17.3 Å². The number of aromatic nitrogens is 1. The number of hydrogen-bond donors (Lipinski definition) is 1. The second-order valence-corrected chi connectivity index (χ2v) is 4.35. The molecule has 1 aromatic heterocycles. The van der Waals surface area contributed by atoms with Gasteiger partial charge in [0.25, 0.3) is 0 Å². The molecule has 0 saturated carbocycles. The Morgan fingerprint density at radius 3 is 3.07 bits per heavy atom. The third kappa shape index (κ3) is 1.88. The Morgan fingerprint density at radius 1 is 1.53 bits per heavy atom. The lowest BCUT2D eigenvalue weighted by molar-refractivity contribution is 0.0985. The van der Waals surface area contributed by atoms with Crippen LogP contribution in [0.4, 0.5) is 0 Å². The molecule has 0 atom stereocenters. The summed E-state index contributed by atoms with van der Waals surface area (Å²) < 4.78 is 0.990. The van der Waals surface area contributed by atoms with Crippen LogP contribution in [0.3, 0.4) is 0 Å². The number of benzene rings is 1. The highest BCUT2D eigenvalue weighted by molar-refractivity contribution is 7.16. The molecule has 0 aliphatic rings. The van der Waals surface area contributed by atoms with Gasteiger partial charge in [-0.25, -0.2) is 4.98 Å². The predicted octanol–water partition coefficient (Wildman–Crippen LogP) is 2.48. The van der Waals surface area contributed by atoms with Gasteiger partial charge in [0.15, 0.2) is 5.78 Å². The van der Waals surface area contributed by atoms with E-state index in [1.54, 1.807) is 11.6 Å². The standard InChI is InChI=1S/C10H9ClN2OS/c11-9-6(7(14)3-4-12)1-2-8-10(9)13-5-15-8/h1-2,5H,3-4,12H2. The molecule has 0 bridgehead atoms. The third-order valence-corrected chi connectivity index (χ3v) is 3.29. The highest BCUT2D eigenvalue weighted by Crippen LogP contribution is 2.29. The van der Waals surface area contributed by atoms with Crippen molar-refractivity contribution in [2.75, 3.05) is 6.54 Å². The van der Waals surface area contributed by atoms with E-state index >= 15 is 0 Å². The van der Waals surface area contributed by atoms with Crippen molar-refractivity contribution in [3.8, 4) is 0 Å². The van der Waals surface area contributed by atoms with Crippen LogP contribution < -0.4 is 5.73 Å². The topological polar surface area (TPSA) is 56.0 Å². The number of carbonyl (C=O) groups excluding carboxylic acids is 1. The number of ketones is 1. The molecule has 78 valence electrons. The number of thiazole rings is 1. The number of Topliss-reactive ketones (excluding diaryl/α,β-unsaturated/α-hetero) is 1. The molecule has 15 heavy (non-hydrogen) atoms. The summed E-state index contributed by atoms with van der Waals surface area (Å²) in [6, 6.07) is 3.60. The van der Waals surface area contributed by atoms with Crippen LogP contribution in [-0.2, 0) is 0 Å². The van der Waals surface area contributed by atoms with Crippen LogP contribution in [0.1, 0.15) is 16.8 Å². The number of halogens is 1. The van der Waals surface area contributed by atoms with E-state index in [4.69, 9.17) is 17.3 Å². The van der Waals surface area contributed by atoms with Gasteiger partial charge in [-0.15, -0.1) is 11.3 Å². The van der Waals surface area contributed by atoms with E-state index in [2.05, 4.69) is 4.98 Å². The first kappa shape index (κ1) is 10.5. The molecule has 2 aromatic rings. The van der Waals surface area contributed by atoms with Gasteiger partial charge >= 0.3 is 0 Å². The second-order valence-electron chi connectivity index (χ2n) is 3.09. The normalized spacial score (nSPS) is 10.8. The van der Waals surface area contributed by atoms with Crippen LogP contribution in [0.5, 0.6) is 0 Å². The van der Waals surface area contributed by atoms with Crippen molar-refractivity contribution in [3.05, 3.63) is 28.2 Å². The Labute approximate surface area is 95.9 Å². The summed E-state index contributed by atoms with van der Waals surface area (Å²) in [5.74, 6) is -0.0302. The fraction of sp³-hybridized carbons (Fsp3) is 0.200. The summed E-state index contributed by atoms with van der Waals surface area (Å²) in [6.07, 6.45) is 0.315. The highest BCUT2D eigenvalue weighted by Gasteiger charge is 2.13. The summed E-state index contributed by atoms with van der Waals surface area (Å²) in [7, 11) is 0. The first-order valence-electron chi connectivity index (χ1n) is 4.49. The molecule has 0 aliphatic heterocycles. The number of fused-ring (bicyclic) bond motifs is 1. The smallest absolute Gasteiger partial charge is 0.165 e. The zero-order valence-corrected chi connectivity index (χ0v) is 9.44. The molecule has 1 aromatic carbocycles. The fourth-order valence-corrected chi connectivity index (χ4v) is 2.44. The molecule has 2 N–H and O–H groups in total. The summed E-state index contributed by atoms with van der Waals surface area (Å²) in [4.78, 5) is 15.8. The predicted molar refractivity (Wildman–Crippen MR) is 62.6 cm³/mol. The maximum absolute atomic E-state index is 11.6. The Balaban J connectivity index is 2.52. The minimum Gasteiger partial charge on any atom is -0.330 e. The van der Waals surface area contributed by atoms with Crippen molar-refractivity contribution >= 4 is 38.9 Å². The van der Waals surface area contributed by atoms with Gasteiger partial charge in [0.05, 0.1) is 15.2 Å². The Kier molecular flexibility index (Phi) is 3.00. The van der Waals surface area contributed by atoms with Gasteiger partial charge in [-0.3, -0.25) is 4.79 Å². The number of nitrogens with two attached hydrogens (primary N) is 1. The molecule has 1 heterocycles. The number of rotatable bonds is 3. The molecule has 5 heteroatoms. The van der Waals surface area contributed by atoms with Crippen LogP contribution in [0.2, 0.25) is 5.02 Å². The molecule has 0 saturated heterocycles. The van der Waals surface area contributed by atoms with Crippen LogP contribution >= 0.6 is 22.9 Å². The Hall–Kier alpha value is -0.970. The summed E-state index contributed by atoms with van der Waals surface area (Å²) in [5, 5.41) is 0.437. The minimum absolute atomic E-state index is 0.0302. The van der Waals surface area contributed by atoms with Crippen LogP contribution in [0.25, 0.3) is 10.2 Å². The van der Waals surface area contributed by atoms with E-state index in [-0.39, 0.29) is 5.78 Å². The highest BCUT2D eigenvalue weighted by atomic mass is 35.5. The summed E-state index contributed by atoms with van der Waals surface area (Å²) >= 11 is 7.60. The summed E-state index contributed by atoms with van der Waals surface area (Å²) in [5.41, 5.74) is 8.26.